The third-order valence-corrected chi connectivity index (χ3v) is 4.97. The Morgan fingerprint density at radius 1 is 1.50 bits per heavy atom. The molecule has 7 heteroatoms. The summed E-state index contributed by atoms with van der Waals surface area (Å²) >= 11 is 7.14. The van der Waals surface area contributed by atoms with Gasteiger partial charge in [-0.15, -0.1) is 24.2 Å². The number of nitrogens with zero attached hydrogens (tertiary/aromatic N) is 1. The number of thioether (sulfide) groups is 1. The first kappa shape index (κ1) is 15.4. The van der Waals surface area contributed by atoms with Crippen LogP contribution in [0.4, 0.5) is 0 Å². The second kappa shape index (κ2) is 6.22. The van der Waals surface area contributed by atoms with Crippen LogP contribution in [0.2, 0.25) is 0 Å². The van der Waals surface area contributed by atoms with Crippen molar-refractivity contribution in [1.29, 1.82) is 0 Å². The highest BCUT2D eigenvalue weighted by Crippen LogP contribution is 2.37. The van der Waals surface area contributed by atoms with E-state index < -0.39 is 0 Å². The van der Waals surface area contributed by atoms with E-state index in [4.69, 9.17) is 18.0 Å². The summed E-state index contributed by atoms with van der Waals surface area (Å²) in [5.74, 6) is 1.29. The van der Waals surface area contributed by atoms with E-state index in [2.05, 4.69) is 9.55 Å². The number of H-pyrrole nitrogens is 1. The molecule has 1 aliphatic heterocycles. The Bertz CT molecular complexity index is 668. The van der Waals surface area contributed by atoms with Gasteiger partial charge in [0.1, 0.15) is 5.75 Å². The molecule has 1 aromatic heterocycles. The van der Waals surface area contributed by atoms with Gasteiger partial charge >= 0.3 is 0 Å². The fourth-order valence-corrected chi connectivity index (χ4v) is 3.96. The van der Waals surface area contributed by atoms with E-state index in [-0.39, 0.29) is 18.4 Å². The van der Waals surface area contributed by atoms with Crippen molar-refractivity contribution < 1.29 is 5.11 Å². The summed E-state index contributed by atoms with van der Waals surface area (Å²) in [6.07, 6.45) is 2.75. The molecule has 1 atom stereocenters. The van der Waals surface area contributed by atoms with Crippen molar-refractivity contribution >= 4 is 36.4 Å². The van der Waals surface area contributed by atoms with Gasteiger partial charge < -0.3 is 20.4 Å². The zero-order valence-electron chi connectivity index (χ0n) is 10.7. The molecule has 0 aliphatic carbocycles. The molecule has 0 spiro atoms. The normalized spacial score (nSPS) is 17.4. The van der Waals surface area contributed by atoms with Gasteiger partial charge in [0.15, 0.2) is 4.77 Å². The van der Waals surface area contributed by atoms with E-state index in [9.17, 15) is 5.11 Å². The van der Waals surface area contributed by atoms with Crippen molar-refractivity contribution in [2.45, 2.75) is 23.9 Å². The molecule has 108 valence electrons. The summed E-state index contributed by atoms with van der Waals surface area (Å²) in [4.78, 5) is 4.30. The number of aromatic nitrogens is 2. The van der Waals surface area contributed by atoms with E-state index in [0.29, 0.717) is 12.3 Å². The van der Waals surface area contributed by atoms with Gasteiger partial charge in [0.25, 0.3) is 0 Å². The molecule has 0 unspecified atom stereocenters. The minimum atomic E-state index is 0. The van der Waals surface area contributed by atoms with E-state index in [1.165, 1.54) is 10.5 Å². The Morgan fingerprint density at radius 3 is 3.05 bits per heavy atom. The van der Waals surface area contributed by atoms with E-state index >= 15 is 0 Å². The molecule has 0 radical (unpaired) electrons. The number of aromatic hydroxyl groups is 1. The average Bonchev–Trinajstić information content (AvgIpc) is 2.79. The van der Waals surface area contributed by atoms with Crippen LogP contribution >= 0.6 is 36.4 Å². The SMILES string of the molecule is Cl.NCc1c[nH]c(=S)n1[C@@H]1CSc2ccc(O)cc2C1. The minimum absolute atomic E-state index is 0. The number of hydrogen-bond acceptors (Lipinski definition) is 4. The number of fused-ring (bicyclic) bond motifs is 1. The largest absolute Gasteiger partial charge is 0.508 e. The van der Waals surface area contributed by atoms with E-state index in [1.54, 1.807) is 17.8 Å². The van der Waals surface area contributed by atoms with Crippen LogP contribution in [0.1, 0.15) is 17.3 Å². The van der Waals surface area contributed by atoms with E-state index in [0.717, 1.165) is 22.6 Å². The third kappa shape index (κ3) is 2.74. The molecule has 1 aromatic carbocycles. The topological polar surface area (TPSA) is 67.0 Å². The molecule has 2 heterocycles. The number of phenols is 1. The monoisotopic (exact) mass is 329 g/mol. The molecule has 0 fully saturated rings. The van der Waals surface area contributed by atoms with Gasteiger partial charge in [-0.3, -0.25) is 0 Å². The number of halogens is 1. The van der Waals surface area contributed by atoms with Crippen molar-refractivity contribution in [3.63, 3.8) is 0 Å². The first-order valence-corrected chi connectivity index (χ1v) is 7.52. The lowest BCUT2D eigenvalue weighted by Gasteiger charge is -2.26. The van der Waals surface area contributed by atoms with Gasteiger partial charge in [0.2, 0.25) is 0 Å². The highest BCUT2D eigenvalue weighted by Gasteiger charge is 2.23. The van der Waals surface area contributed by atoms with Crippen LogP contribution in [0.25, 0.3) is 0 Å². The molecule has 0 saturated carbocycles. The summed E-state index contributed by atoms with van der Waals surface area (Å²) in [5, 5.41) is 9.60. The zero-order chi connectivity index (χ0) is 13.4. The van der Waals surface area contributed by atoms with Crippen LogP contribution in [0.3, 0.4) is 0 Å². The first-order chi connectivity index (χ1) is 9.19. The number of nitrogens with two attached hydrogens (primary N) is 1. The van der Waals surface area contributed by atoms with Crippen molar-refractivity contribution in [1.82, 2.24) is 9.55 Å². The molecule has 3 rings (SSSR count). The lowest BCUT2D eigenvalue weighted by Crippen LogP contribution is -2.21. The fraction of sp³-hybridized carbons (Fsp3) is 0.308. The fourth-order valence-electron chi connectivity index (χ4n) is 2.50. The number of phenolic OH excluding ortho intramolecular Hbond substituents is 1. The van der Waals surface area contributed by atoms with E-state index in [1.807, 2.05) is 18.3 Å². The Hall–Kier alpha value is -0.950. The summed E-state index contributed by atoms with van der Waals surface area (Å²) in [6.45, 7) is 0.473. The lowest BCUT2D eigenvalue weighted by atomic mass is 10.1. The molecule has 1 aliphatic rings. The molecule has 2 aromatic rings. The predicted octanol–water partition coefficient (Wildman–Crippen LogP) is 3.02. The van der Waals surface area contributed by atoms with Crippen LogP contribution in [-0.4, -0.2) is 20.4 Å². The number of benzene rings is 1. The zero-order valence-corrected chi connectivity index (χ0v) is 13.2. The highest BCUT2D eigenvalue weighted by molar-refractivity contribution is 7.99. The van der Waals surface area contributed by atoms with Crippen LogP contribution in [0.5, 0.6) is 5.75 Å². The maximum atomic E-state index is 9.60. The number of aromatic amines is 1. The molecule has 4 N–H and O–H groups in total. The number of imidazole rings is 1. The van der Waals surface area contributed by atoms with Gasteiger partial charge in [-0.1, -0.05) is 0 Å². The van der Waals surface area contributed by atoms with Gasteiger partial charge in [-0.05, 0) is 42.4 Å². The summed E-state index contributed by atoms with van der Waals surface area (Å²) < 4.78 is 2.82. The smallest absolute Gasteiger partial charge is 0.177 e. The first-order valence-electron chi connectivity index (χ1n) is 6.12. The molecule has 20 heavy (non-hydrogen) atoms. The van der Waals surface area contributed by atoms with Crippen molar-refractivity contribution in [2.24, 2.45) is 5.73 Å². The van der Waals surface area contributed by atoms with Gasteiger partial charge in [0.05, 0.1) is 5.69 Å². The molecular weight excluding hydrogens is 314 g/mol. The predicted molar refractivity (Wildman–Crippen MR) is 86.3 cm³/mol. The lowest BCUT2D eigenvalue weighted by molar-refractivity contribution is 0.470. The summed E-state index contributed by atoms with van der Waals surface area (Å²) in [7, 11) is 0. The number of hydrogen-bond donors (Lipinski definition) is 3. The molecule has 0 bridgehead atoms. The Balaban J connectivity index is 0.00000147. The van der Waals surface area contributed by atoms with Crippen LogP contribution in [0.15, 0.2) is 29.3 Å². The Kier molecular flexibility index (Phi) is 4.80. The second-order valence-electron chi connectivity index (χ2n) is 4.62. The second-order valence-corrected chi connectivity index (χ2v) is 6.07. The Morgan fingerprint density at radius 2 is 2.30 bits per heavy atom. The quantitative estimate of drug-likeness (QED) is 0.741. The Labute approximate surface area is 132 Å². The average molecular weight is 330 g/mol. The summed E-state index contributed by atoms with van der Waals surface area (Å²) in [5.41, 5.74) is 7.96. The molecule has 4 nitrogen and oxygen atoms in total. The maximum Gasteiger partial charge on any atom is 0.177 e. The highest BCUT2D eigenvalue weighted by atomic mass is 35.5. The van der Waals surface area contributed by atoms with Gasteiger partial charge in [0, 0.05) is 29.4 Å². The molecular formula is C13H16ClN3OS2. The van der Waals surface area contributed by atoms with Crippen molar-refractivity contribution in [3.05, 3.63) is 40.4 Å². The molecule has 0 amide bonds. The van der Waals surface area contributed by atoms with Gasteiger partial charge in [-0.25, -0.2) is 0 Å². The van der Waals surface area contributed by atoms with Crippen LogP contribution < -0.4 is 5.73 Å². The summed E-state index contributed by atoms with van der Waals surface area (Å²) in [6, 6.07) is 5.84. The number of rotatable bonds is 2. The van der Waals surface area contributed by atoms with Crippen molar-refractivity contribution in [2.75, 3.05) is 5.75 Å². The van der Waals surface area contributed by atoms with Crippen LogP contribution in [0, 0.1) is 4.77 Å². The molecule has 0 saturated heterocycles. The van der Waals surface area contributed by atoms with Crippen molar-refractivity contribution in [3.8, 4) is 5.75 Å². The third-order valence-electron chi connectivity index (χ3n) is 3.40. The van der Waals surface area contributed by atoms with Gasteiger partial charge in [-0.2, -0.15) is 0 Å². The minimum Gasteiger partial charge on any atom is -0.508 e. The maximum absolute atomic E-state index is 9.60. The van der Waals surface area contributed by atoms with Crippen LogP contribution in [-0.2, 0) is 13.0 Å². The number of nitrogens with one attached hydrogen (secondary N) is 1. The standard InChI is InChI=1S/C13H15N3OS2.ClH/c14-5-10-6-15-13(18)16(10)9-3-8-4-11(17)1-2-12(8)19-7-9;/h1-2,4,6,9,17H,3,5,7,14H2,(H,15,18);1H/t9-;/m0./s1.